The Hall–Kier alpha value is -3.10. The number of aromatic nitrogens is 1. The Morgan fingerprint density at radius 3 is 2.69 bits per heavy atom. The van der Waals surface area contributed by atoms with E-state index < -0.39 is 0 Å². The minimum atomic E-state index is -0.0391. The molecular formula is C22H20N4. The number of fused-ring (bicyclic) bond motifs is 1. The fourth-order valence-electron chi connectivity index (χ4n) is 3.88. The average Bonchev–Trinajstić information content (AvgIpc) is 2.71. The van der Waals surface area contributed by atoms with E-state index in [4.69, 9.17) is 5.53 Å². The Bertz CT molecular complexity index is 945. The quantitative estimate of drug-likeness (QED) is 0.341. The molecule has 0 fully saturated rings. The fourth-order valence-corrected chi connectivity index (χ4v) is 3.88. The van der Waals surface area contributed by atoms with Gasteiger partial charge >= 0.3 is 0 Å². The summed E-state index contributed by atoms with van der Waals surface area (Å²) in [6.45, 7) is 0. The number of hydrogen-bond acceptors (Lipinski definition) is 2. The maximum atomic E-state index is 8.98. The van der Waals surface area contributed by atoms with Crippen molar-refractivity contribution in [2.24, 2.45) is 5.11 Å². The standard InChI is InChI=1S/C22H20N4/c23-26-25-21-12-11-18-10-5-13-24-22(18)20(21)15-16-6-4-9-19(14-16)17-7-2-1-3-8-17/h1-10,13-14,20-21H,11-12,15H2/t20-,21-/m0/s1. The van der Waals surface area contributed by atoms with Crippen LogP contribution in [0.1, 0.15) is 29.2 Å². The summed E-state index contributed by atoms with van der Waals surface area (Å²) in [7, 11) is 0. The van der Waals surface area contributed by atoms with Gasteiger partial charge in [-0.15, -0.1) is 0 Å². The highest BCUT2D eigenvalue weighted by Gasteiger charge is 2.30. The first kappa shape index (κ1) is 16.4. The van der Waals surface area contributed by atoms with Crippen LogP contribution >= 0.6 is 0 Å². The smallest absolute Gasteiger partial charge is 0.0473 e. The minimum Gasteiger partial charge on any atom is -0.261 e. The Labute approximate surface area is 153 Å². The molecule has 0 radical (unpaired) electrons. The summed E-state index contributed by atoms with van der Waals surface area (Å²) in [6, 6.07) is 23.1. The van der Waals surface area contributed by atoms with Gasteiger partial charge in [-0.2, -0.15) is 0 Å². The van der Waals surface area contributed by atoms with Crippen molar-refractivity contribution >= 4 is 0 Å². The molecular weight excluding hydrogens is 320 g/mol. The van der Waals surface area contributed by atoms with Crippen LogP contribution in [0.5, 0.6) is 0 Å². The summed E-state index contributed by atoms with van der Waals surface area (Å²) in [4.78, 5) is 7.71. The first-order valence-electron chi connectivity index (χ1n) is 8.97. The van der Waals surface area contributed by atoms with Crippen LogP contribution in [0.4, 0.5) is 0 Å². The molecule has 1 heterocycles. The Kier molecular flexibility index (Phi) is 4.67. The molecule has 128 valence electrons. The van der Waals surface area contributed by atoms with E-state index in [2.05, 4.69) is 69.6 Å². The van der Waals surface area contributed by atoms with E-state index in [1.165, 1.54) is 22.3 Å². The highest BCUT2D eigenvalue weighted by Crippen LogP contribution is 2.35. The predicted molar refractivity (Wildman–Crippen MR) is 104 cm³/mol. The summed E-state index contributed by atoms with van der Waals surface area (Å²) < 4.78 is 0. The summed E-state index contributed by atoms with van der Waals surface area (Å²) >= 11 is 0. The molecule has 0 saturated carbocycles. The van der Waals surface area contributed by atoms with Crippen LogP contribution in [0.25, 0.3) is 21.6 Å². The van der Waals surface area contributed by atoms with Crippen LogP contribution < -0.4 is 0 Å². The van der Waals surface area contributed by atoms with Gasteiger partial charge in [0.25, 0.3) is 0 Å². The maximum absolute atomic E-state index is 8.98. The van der Waals surface area contributed by atoms with E-state index in [9.17, 15) is 0 Å². The Morgan fingerprint density at radius 1 is 1.00 bits per heavy atom. The third kappa shape index (κ3) is 3.32. The molecule has 26 heavy (non-hydrogen) atoms. The zero-order chi connectivity index (χ0) is 17.8. The Morgan fingerprint density at radius 2 is 1.85 bits per heavy atom. The molecule has 1 aromatic heterocycles. The second kappa shape index (κ2) is 7.42. The highest BCUT2D eigenvalue weighted by atomic mass is 15.2. The molecule has 3 aromatic rings. The van der Waals surface area contributed by atoms with Crippen molar-refractivity contribution in [2.45, 2.75) is 31.2 Å². The van der Waals surface area contributed by atoms with E-state index in [1.807, 2.05) is 18.3 Å². The zero-order valence-corrected chi connectivity index (χ0v) is 14.5. The molecule has 0 spiro atoms. The average molecular weight is 340 g/mol. The first-order chi connectivity index (χ1) is 12.8. The highest BCUT2D eigenvalue weighted by molar-refractivity contribution is 5.64. The Balaban J connectivity index is 1.68. The van der Waals surface area contributed by atoms with Gasteiger partial charge in [0.1, 0.15) is 0 Å². The predicted octanol–water partition coefficient (Wildman–Crippen LogP) is 5.70. The summed E-state index contributed by atoms with van der Waals surface area (Å²) in [5.41, 5.74) is 15.0. The van der Waals surface area contributed by atoms with Crippen LogP contribution in [-0.2, 0) is 12.8 Å². The van der Waals surface area contributed by atoms with Crippen LogP contribution in [0, 0.1) is 0 Å². The second-order valence-corrected chi connectivity index (χ2v) is 6.74. The summed E-state index contributed by atoms with van der Waals surface area (Å²) in [6.07, 6.45) is 4.47. The molecule has 4 rings (SSSR count). The summed E-state index contributed by atoms with van der Waals surface area (Å²) in [5, 5.41) is 4.08. The van der Waals surface area contributed by atoms with Crippen molar-refractivity contribution < 1.29 is 0 Å². The van der Waals surface area contributed by atoms with E-state index in [-0.39, 0.29) is 12.0 Å². The van der Waals surface area contributed by atoms with Crippen molar-refractivity contribution in [2.75, 3.05) is 0 Å². The van der Waals surface area contributed by atoms with Crippen molar-refractivity contribution in [3.05, 3.63) is 100 Å². The van der Waals surface area contributed by atoms with Gasteiger partial charge in [-0.25, -0.2) is 0 Å². The fraction of sp³-hybridized carbons (Fsp3) is 0.227. The number of rotatable bonds is 4. The molecule has 0 bridgehead atoms. The number of pyridine rings is 1. The summed E-state index contributed by atoms with van der Waals surface area (Å²) in [5.74, 6) is 0.127. The lowest BCUT2D eigenvalue weighted by molar-refractivity contribution is 0.455. The van der Waals surface area contributed by atoms with Gasteiger partial charge in [0, 0.05) is 28.8 Å². The van der Waals surface area contributed by atoms with Gasteiger partial charge in [-0.05, 0) is 53.1 Å². The van der Waals surface area contributed by atoms with Crippen molar-refractivity contribution in [1.82, 2.24) is 4.98 Å². The van der Waals surface area contributed by atoms with Crippen molar-refractivity contribution in [1.29, 1.82) is 0 Å². The van der Waals surface area contributed by atoms with Gasteiger partial charge in [-0.3, -0.25) is 4.98 Å². The number of hydrogen-bond donors (Lipinski definition) is 0. The maximum Gasteiger partial charge on any atom is 0.0473 e. The van der Waals surface area contributed by atoms with E-state index in [0.29, 0.717) is 0 Å². The molecule has 4 nitrogen and oxygen atoms in total. The molecule has 2 aromatic carbocycles. The SMILES string of the molecule is [N-]=[N+]=N[C@H]1CCc2cccnc2[C@H]1Cc1cccc(-c2ccccc2)c1. The van der Waals surface area contributed by atoms with Gasteiger partial charge in [0.15, 0.2) is 0 Å². The molecule has 0 N–H and O–H groups in total. The van der Waals surface area contributed by atoms with Gasteiger partial charge in [0.05, 0.1) is 0 Å². The third-order valence-electron chi connectivity index (χ3n) is 5.14. The van der Waals surface area contributed by atoms with Crippen LogP contribution in [0.3, 0.4) is 0 Å². The van der Waals surface area contributed by atoms with E-state index in [0.717, 1.165) is 25.0 Å². The number of benzene rings is 2. The molecule has 2 atom stereocenters. The molecule has 0 saturated heterocycles. The van der Waals surface area contributed by atoms with Gasteiger partial charge in [-0.1, -0.05) is 65.8 Å². The van der Waals surface area contributed by atoms with Crippen molar-refractivity contribution in [3.8, 4) is 11.1 Å². The van der Waals surface area contributed by atoms with Crippen LogP contribution in [0.2, 0.25) is 0 Å². The lowest BCUT2D eigenvalue weighted by Gasteiger charge is -2.30. The lowest BCUT2D eigenvalue weighted by atomic mass is 9.79. The van der Waals surface area contributed by atoms with Crippen LogP contribution in [-0.4, -0.2) is 11.0 Å². The molecule has 0 amide bonds. The monoisotopic (exact) mass is 340 g/mol. The topological polar surface area (TPSA) is 61.7 Å². The number of aryl methyl sites for hydroxylation is 1. The van der Waals surface area contributed by atoms with E-state index in [1.54, 1.807) is 0 Å². The van der Waals surface area contributed by atoms with E-state index >= 15 is 0 Å². The molecule has 4 heteroatoms. The molecule has 0 aliphatic heterocycles. The molecule has 1 aliphatic carbocycles. The normalized spacial score (nSPS) is 18.6. The minimum absolute atomic E-state index is 0.0391. The van der Waals surface area contributed by atoms with Gasteiger partial charge in [0.2, 0.25) is 0 Å². The van der Waals surface area contributed by atoms with Gasteiger partial charge < -0.3 is 0 Å². The largest absolute Gasteiger partial charge is 0.261 e. The first-order valence-corrected chi connectivity index (χ1v) is 8.97. The van der Waals surface area contributed by atoms with Crippen LogP contribution in [0.15, 0.2) is 78.0 Å². The lowest BCUT2D eigenvalue weighted by Crippen LogP contribution is -2.26. The molecule has 1 aliphatic rings. The second-order valence-electron chi connectivity index (χ2n) is 6.74. The zero-order valence-electron chi connectivity index (χ0n) is 14.5. The van der Waals surface area contributed by atoms with Crippen molar-refractivity contribution in [3.63, 3.8) is 0 Å². The number of nitrogens with zero attached hydrogens (tertiary/aromatic N) is 4. The molecule has 0 unspecified atom stereocenters. The third-order valence-corrected chi connectivity index (χ3v) is 5.14. The number of azide groups is 1.